The van der Waals surface area contributed by atoms with Gasteiger partial charge >= 0.3 is 0 Å². The van der Waals surface area contributed by atoms with Crippen molar-refractivity contribution in [2.45, 2.75) is 65.7 Å². The number of ether oxygens (including phenoxy) is 1. The first-order valence-electron chi connectivity index (χ1n) is 5.87. The molecule has 2 atom stereocenters. The van der Waals surface area contributed by atoms with E-state index in [1.54, 1.807) is 0 Å². The first kappa shape index (κ1) is 12.0. The lowest BCUT2D eigenvalue weighted by atomic mass is 9.64. The van der Waals surface area contributed by atoms with Crippen LogP contribution >= 0.6 is 0 Å². The highest BCUT2D eigenvalue weighted by Gasteiger charge is 2.48. The number of hydrogen-bond donors (Lipinski definition) is 1. The molecule has 84 valence electrons. The van der Waals surface area contributed by atoms with E-state index in [-0.39, 0.29) is 0 Å². The van der Waals surface area contributed by atoms with Crippen LogP contribution < -0.4 is 5.32 Å². The second kappa shape index (κ2) is 4.63. The van der Waals surface area contributed by atoms with Crippen LogP contribution in [0.1, 0.15) is 47.5 Å². The Hall–Kier alpha value is -0.0800. The summed E-state index contributed by atoms with van der Waals surface area (Å²) in [5.74, 6) is 0. The van der Waals surface area contributed by atoms with Gasteiger partial charge < -0.3 is 10.1 Å². The second-order valence-corrected chi connectivity index (χ2v) is 5.24. The summed E-state index contributed by atoms with van der Waals surface area (Å²) in [6.07, 6.45) is 3.18. The Morgan fingerprint density at radius 3 is 2.50 bits per heavy atom. The van der Waals surface area contributed by atoms with Crippen molar-refractivity contribution in [2.75, 3.05) is 6.54 Å². The van der Waals surface area contributed by atoms with Crippen LogP contribution in [-0.4, -0.2) is 24.8 Å². The van der Waals surface area contributed by atoms with Crippen LogP contribution in [-0.2, 0) is 4.74 Å². The molecule has 1 saturated carbocycles. The Balaban J connectivity index is 2.34. The van der Waals surface area contributed by atoms with Gasteiger partial charge in [-0.25, -0.2) is 0 Å². The predicted molar refractivity (Wildman–Crippen MR) is 60.5 cm³/mol. The Bertz CT molecular complexity index is 177. The lowest BCUT2D eigenvalue weighted by molar-refractivity contribution is -0.138. The van der Waals surface area contributed by atoms with E-state index in [0.717, 1.165) is 6.54 Å². The summed E-state index contributed by atoms with van der Waals surface area (Å²) in [6, 6.07) is 0.645. The Morgan fingerprint density at radius 2 is 2.07 bits per heavy atom. The van der Waals surface area contributed by atoms with E-state index in [1.807, 2.05) is 0 Å². The smallest absolute Gasteiger partial charge is 0.0659 e. The van der Waals surface area contributed by atoms with E-state index in [9.17, 15) is 0 Å². The van der Waals surface area contributed by atoms with Crippen LogP contribution in [0, 0.1) is 5.41 Å². The molecule has 1 rings (SSSR count). The molecule has 1 fully saturated rings. The summed E-state index contributed by atoms with van der Waals surface area (Å²) < 4.78 is 5.87. The van der Waals surface area contributed by atoms with Crippen molar-refractivity contribution in [3.05, 3.63) is 0 Å². The third-order valence-corrected chi connectivity index (χ3v) is 3.25. The van der Waals surface area contributed by atoms with Crippen LogP contribution in [0.3, 0.4) is 0 Å². The van der Waals surface area contributed by atoms with E-state index < -0.39 is 0 Å². The van der Waals surface area contributed by atoms with Crippen molar-refractivity contribution in [2.24, 2.45) is 5.41 Å². The fourth-order valence-electron chi connectivity index (χ4n) is 2.11. The Morgan fingerprint density at radius 1 is 1.43 bits per heavy atom. The van der Waals surface area contributed by atoms with Gasteiger partial charge in [-0.15, -0.1) is 0 Å². The highest BCUT2D eigenvalue weighted by atomic mass is 16.5. The molecule has 1 aliphatic rings. The van der Waals surface area contributed by atoms with Crippen molar-refractivity contribution < 1.29 is 4.74 Å². The molecule has 2 heteroatoms. The first-order chi connectivity index (χ1) is 6.48. The van der Waals surface area contributed by atoms with Crippen LogP contribution in [0.15, 0.2) is 0 Å². The molecule has 0 saturated heterocycles. The van der Waals surface area contributed by atoms with Gasteiger partial charge in [0.15, 0.2) is 0 Å². The molecule has 0 radical (unpaired) electrons. The molecule has 1 aliphatic carbocycles. The van der Waals surface area contributed by atoms with Gasteiger partial charge in [-0.2, -0.15) is 0 Å². The zero-order valence-corrected chi connectivity index (χ0v) is 10.3. The maximum absolute atomic E-state index is 5.87. The summed E-state index contributed by atoms with van der Waals surface area (Å²) in [5.41, 5.74) is 0.305. The molecule has 2 nitrogen and oxygen atoms in total. The monoisotopic (exact) mass is 199 g/mol. The van der Waals surface area contributed by atoms with Crippen LogP contribution in [0.5, 0.6) is 0 Å². The molecule has 0 aromatic rings. The predicted octanol–water partition coefficient (Wildman–Crippen LogP) is 2.58. The average molecular weight is 199 g/mol. The normalized spacial score (nSPS) is 30.4. The minimum atomic E-state index is 0.305. The van der Waals surface area contributed by atoms with Gasteiger partial charge in [0.05, 0.1) is 12.2 Å². The molecule has 2 unspecified atom stereocenters. The molecule has 0 heterocycles. The SMILES string of the molecule is CCCNC1CC(OC(C)C)C1(C)C. The summed E-state index contributed by atoms with van der Waals surface area (Å²) in [6.45, 7) is 12.2. The lowest BCUT2D eigenvalue weighted by Gasteiger charge is -2.52. The van der Waals surface area contributed by atoms with Gasteiger partial charge in [-0.1, -0.05) is 20.8 Å². The molecular weight excluding hydrogens is 174 g/mol. The molecule has 0 bridgehead atoms. The fourth-order valence-corrected chi connectivity index (χ4v) is 2.11. The van der Waals surface area contributed by atoms with Crippen molar-refractivity contribution >= 4 is 0 Å². The standard InChI is InChI=1S/C12H25NO/c1-6-7-13-10-8-11(12(10,4)5)14-9(2)3/h9-11,13H,6-8H2,1-5H3. The highest BCUT2D eigenvalue weighted by Crippen LogP contribution is 2.43. The Kier molecular flexibility index (Phi) is 3.96. The molecule has 0 spiro atoms. The topological polar surface area (TPSA) is 21.3 Å². The van der Waals surface area contributed by atoms with E-state index in [1.165, 1.54) is 12.8 Å². The quantitative estimate of drug-likeness (QED) is 0.735. The van der Waals surface area contributed by atoms with Crippen molar-refractivity contribution in [3.8, 4) is 0 Å². The van der Waals surface area contributed by atoms with Crippen LogP contribution in [0.25, 0.3) is 0 Å². The number of hydrogen-bond acceptors (Lipinski definition) is 2. The lowest BCUT2D eigenvalue weighted by Crippen LogP contribution is -2.61. The average Bonchev–Trinajstić information content (AvgIpc) is 2.09. The van der Waals surface area contributed by atoms with Crippen molar-refractivity contribution in [3.63, 3.8) is 0 Å². The molecule has 0 aromatic carbocycles. The van der Waals surface area contributed by atoms with E-state index >= 15 is 0 Å². The van der Waals surface area contributed by atoms with Crippen molar-refractivity contribution in [1.29, 1.82) is 0 Å². The summed E-state index contributed by atoms with van der Waals surface area (Å²) >= 11 is 0. The van der Waals surface area contributed by atoms with Crippen molar-refractivity contribution in [1.82, 2.24) is 5.32 Å². The zero-order chi connectivity index (χ0) is 10.8. The molecular formula is C12H25NO. The van der Waals surface area contributed by atoms with E-state index in [4.69, 9.17) is 4.74 Å². The fraction of sp³-hybridized carbons (Fsp3) is 1.00. The van der Waals surface area contributed by atoms with Gasteiger partial charge in [0.1, 0.15) is 0 Å². The van der Waals surface area contributed by atoms with Crippen LogP contribution in [0.2, 0.25) is 0 Å². The summed E-state index contributed by atoms with van der Waals surface area (Å²) in [5, 5.41) is 3.58. The first-order valence-corrected chi connectivity index (χ1v) is 5.87. The van der Waals surface area contributed by atoms with Gasteiger partial charge in [-0.3, -0.25) is 0 Å². The molecule has 0 amide bonds. The Labute approximate surface area is 88.4 Å². The third-order valence-electron chi connectivity index (χ3n) is 3.25. The largest absolute Gasteiger partial charge is 0.375 e. The van der Waals surface area contributed by atoms with Crippen LogP contribution in [0.4, 0.5) is 0 Å². The molecule has 0 aliphatic heterocycles. The minimum absolute atomic E-state index is 0.305. The second-order valence-electron chi connectivity index (χ2n) is 5.24. The van der Waals surface area contributed by atoms with Gasteiger partial charge in [-0.05, 0) is 33.2 Å². The van der Waals surface area contributed by atoms with Gasteiger partial charge in [0.25, 0.3) is 0 Å². The molecule has 14 heavy (non-hydrogen) atoms. The molecule has 1 N–H and O–H groups in total. The van der Waals surface area contributed by atoms with Gasteiger partial charge in [0, 0.05) is 11.5 Å². The zero-order valence-electron chi connectivity index (χ0n) is 10.3. The highest BCUT2D eigenvalue weighted by molar-refractivity contribution is 5.02. The summed E-state index contributed by atoms with van der Waals surface area (Å²) in [4.78, 5) is 0. The minimum Gasteiger partial charge on any atom is -0.375 e. The van der Waals surface area contributed by atoms with E-state index in [0.29, 0.717) is 23.7 Å². The molecule has 0 aromatic heterocycles. The maximum Gasteiger partial charge on any atom is 0.0659 e. The number of rotatable bonds is 5. The van der Waals surface area contributed by atoms with Gasteiger partial charge in [0.2, 0.25) is 0 Å². The maximum atomic E-state index is 5.87. The third kappa shape index (κ3) is 2.48. The van der Waals surface area contributed by atoms with E-state index in [2.05, 4.69) is 39.9 Å². The number of nitrogens with one attached hydrogen (secondary N) is 1. The summed E-state index contributed by atoms with van der Waals surface area (Å²) in [7, 11) is 0.